The Kier molecular flexibility index (Phi) is 7.65. The molecule has 0 bridgehead atoms. The number of fused-ring (bicyclic) bond motifs is 1. The molecule has 0 heterocycles. The van der Waals surface area contributed by atoms with Crippen molar-refractivity contribution in [2.75, 3.05) is 13.6 Å². The van der Waals surface area contributed by atoms with Crippen LogP contribution in [0, 0.1) is 23.2 Å². The van der Waals surface area contributed by atoms with E-state index in [4.69, 9.17) is 0 Å². The summed E-state index contributed by atoms with van der Waals surface area (Å²) in [5.41, 5.74) is 4.25. The van der Waals surface area contributed by atoms with Gasteiger partial charge in [0.2, 0.25) is 0 Å². The number of hydrogen-bond acceptors (Lipinski definition) is 1. The van der Waals surface area contributed by atoms with Crippen molar-refractivity contribution < 1.29 is 0 Å². The molecule has 2 aliphatic carbocycles. The van der Waals surface area contributed by atoms with Crippen LogP contribution in [-0.4, -0.2) is 18.5 Å². The minimum atomic E-state index is 0.523. The molecule has 2 rings (SSSR count). The van der Waals surface area contributed by atoms with Crippen molar-refractivity contribution >= 4 is 0 Å². The monoisotopic (exact) mass is 345 g/mol. The highest BCUT2D eigenvalue weighted by Crippen LogP contribution is 2.58. The van der Waals surface area contributed by atoms with Gasteiger partial charge < -0.3 is 4.90 Å². The van der Waals surface area contributed by atoms with Gasteiger partial charge in [0, 0.05) is 13.6 Å². The summed E-state index contributed by atoms with van der Waals surface area (Å²) in [6, 6.07) is 0. The van der Waals surface area contributed by atoms with Crippen LogP contribution in [0.4, 0.5) is 0 Å². The molecule has 0 aromatic carbocycles. The minimum Gasteiger partial charge on any atom is -0.381 e. The quantitative estimate of drug-likeness (QED) is 0.378. The Labute approximate surface area is 158 Å². The lowest BCUT2D eigenvalue weighted by atomic mass is 9.64. The zero-order valence-corrected chi connectivity index (χ0v) is 17.7. The Balaban J connectivity index is 1.99. The predicted octanol–water partition coefficient (Wildman–Crippen LogP) is 7.20. The Bertz CT molecular complexity index is 461. The van der Waals surface area contributed by atoms with Gasteiger partial charge in [-0.1, -0.05) is 64.7 Å². The standard InChI is InChI=1S/C24H43N/c1-7-25(6)18-10-14-21-13-9-17-24(5)22(15-16-23(21)24)20(4)12-8-11-19(2)3/h7,19-20,22H,1,8-18H2,2-6H3/t20-,22-,24-/m1/s1. The molecular weight excluding hydrogens is 302 g/mol. The third kappa shape index (κ3) is 5.14. The normalized spacial score (nSPS) is 27.5. The number of nitrogens with zero attached hydrogens (tertiary/aromatic N) is 1. The molecule has 1 heteroatoms. The Hall–Kier alpha value is -0.720. The van der Waals surface area contributed by atoms with E-state index < -0.39 is 0 Å². The van der Waals surface area contributed by atoms with Crippen molar-refractivity contribution in [1.82, 2.24) is 4.90 Å². The smallest absolute Gasteiger partial charge is 0.0172 e. The van der Waals surface area contributed by atoms with Gasteiger partial charge in [-0.15, -0.1) is 0 Å². The molecule has 0 spiro atoms. The molecule has 0 aliphatic heterocycles. The molecule has 1 nitrogen and oxygen atoms in total. The lowest BCUT2D eigenvalue weighted by Crippen LogP contribution is -2.31. The van der Waals surface area contributed by atoms with Gasteiger partial charge >= 0.3 is 0 Å². The third-order valence-electron chi connectivity index (χ3n) is 7.24. The highest BCUT2D eigenvalue weighted by Gasteiger charge is 2.46. The Morgan fingerprint density at radius 1 is 1.20 bits per heavy atom. The van der Waals surface area contributed by atoms with Gasteiger partial charge in [0.05, 0.1) is 0 Å². The molecule has 1 fully saturated rings. The first kappa shape index (κ1) is 20.6. The molecule has 0 aromatic heterocycles. The van der Waals surface area contributed by atoms with Crippen LogP contribution in [0.15, 0.2) is 23.9 Å². The first-order valence-electron chi connectivity index (χ1n) is 10.9. The van der Waals surface area contributed by atoms with Crippen LogP contribution in [0.2, 0.25) is 0 Å². The summed E-state index contributed by atoms with van der Waals surface area (Å²) in [6.45, 7) is 14.9. The lowest BCUT2D eigenvalue weighted by molar-refractivity contribution is 0.162. The van der Waals surface area contributed by atoms with E-state index >= 15 is 0 Å². The van der Waals surface area contributed by atoms with E-state index in [2.05, 4.69) is 46.2 Å². The molecule has 2 aliphatic rings. The van der Waals surface area contributed by atoms with E-state index in [0.29, 0.717) is 5.41 Å². The van der Waals surface area contributed by atoms with Gasteiger partial charge in [-0.2, -0.15) is 0 Å². The molecule has 0 N–H and O–H groups in total. The zero-order valence-electron chi connectivity index (χ0n) is 17.7. The summed E-state index contributed by atoms with van der Waals surface area (Å²) in [5.74, 6) is 2.69. The molecule has 0 amide bonds. The first-order chi connectivity index (χ1) is 11.9. The molecule has 3 atom stereocenters. The average molecular weight is 346 g/mol. The summed E-state index contributed by atoms with van der Waals surface area (Å²) in [4.78, 5) is 2.22. The number of allylic oxidation sites excluding steroid dienone is 2. The SMILES string of the molecule is C=CN(C)CCCC1=C2CC[C@H]([C@H](C)CCCC(C)C)[C@@]2(C)CCC1. The van der Waals surface area contributed by atoms with Crippen LogP contribution in [0.5, 0.6) is 0 Å². The highest BCUT2D eigenvalue weighted by molar-refractivity contribution is 5.29. The number of hydrogen-bond donors (Lipinski definition) is 0. The van der Waals surface area contributed by atoms with E-state index in [1.54, 1.807) is 0 Å². The summed E-state index contributed by atoms with van der Waals surface area (Å²) >= 11 is 0. The summed E-state index contributed by atoms with van der Waals surface area (Å²) in [7, 11) is 2.14. The van der Waals surface area contributed by atoms with Gasteiger partial charge in [0.15, 0.2) is 0 Å². The maximum absolute atomic E-state index is 3.87. The van der Waals surface area contributed by atoms with Crippen LogP contribution < -0.4 is 0 Å². The van der Waals surface area contributed by atoms with E-state index in [9.17, 15) is 0 Å². The van der Waals surface area contributed by atoms with Crippen LogP contribution >= 0.6 is 0 Å². The largest absolute Gasteiger partial charge is 0.381 e. The van der Waals surface area contributed by atoms with Crippen molar-refractivity contribution in [1.29, 1.82) is 0 Å². The third-order valence-corrected chi connectivity index (χ3v) is 7.24. The van der Waals surface area contributed by atoms with Gasteiger partial charge in [-0.25, -0.2) is 0 Å². The summed E-state index contributed by atoms with van der Waals surface area (Å²) < 4.78 is 0. The number of rotatable bonds is 10. The van der Waals surface area contributed by atoms with Crippen molar-refractivity contribution in [3.63, 3.8) is 0 Å². The second-order valence-corrected chi connectivity index (χ2v) is 9.57. The maximum atomic E-state index is 3.87. The fourth-order valence-corrected chi connectivity index (χ4v) is 5.74. The summed E-state index contributed by atoms with van der Waals surface area (Å²) in [5, 5.41) is 0. The highest BCUT2D eigenvalue weighted by atomic mass is 15.1. The van der Waals surface area contributed by atoms with Crippen molar-refractivity contribution in [2.45, 2.75) is 91.9 Å². The molecule has 0 radical (unpaired) electrons. The van der Waals surface area contributed by atoms with Crippen LogP contribution in [-0.2, 0) is 0 Å². The fourth-order valence-electron chi connectivity index (χ4n) is 5.74. The van der Waals surface area contributed by atoms with Crippen molar-refractivity contribution in [3.8, 4) is 0 Å². The van der Waals surface area contributed by atoms with Gasteiger partial charge in [-0.05, 0) is 74.3 Å². The van der Waals surface area contributed by atoms with E-state index in [1.807, 2.05) is 17.3 Å². The van der Waals surface area contributed by atoms with Gasteiger partial charge in [0.1, 0.15) is 0 Å². The molecule has 25 heavy (non-hydrogen) atoms. The topological polar surface area (TPSA) is 3.24 Å². The summed E-state index contributed by atoms with van der Waals surface area (Å²) in [6.07, 6.45) is 15.9. The second-order valence-electron chi connectivity index (χ2n) is 9.57. The van der Waals surface area contributed by atoms with E-state index in [1.165, 1.54) is 64.2 Å². The average Bonchev–Trinajstić information content (AvgIpc) is 2.92. The van der Waals surface area contributed by atoms with Gasteiger partial charge in [-0.3, -0.25) is 0 Å². The molecule has 144 valence electrons. The Morgan fingerprint density at radius 2 is 1.96 bits per heavy atom. The first-order valence-corrected chi connectivity index (χ1v) is 10.9. The van der Waals surface area contributed by atoms with Crippen molar-refractivity contribution in [2.24, 2.45) is 23.2 Å². The van der Waals surface area contributed by atoms with Crippen LogP contribution in [0.25, 0.3) is 0 Å². The lowest BCUT2D eigenvalue weighted by Gasteiger charge is -2.41. The zero-order chi connectivity index (χ0) is 18.4. The van der Waals surface area contributed by atoms with Crippen molar-refractivity contribution in [3.05, 3.63) is 23.9 Å². The molecule has 1 saturated carbocycles. The van der Waals surface area contributed by atoms with E-state index in [0.717, 1.165) is 24.3 Å². The Morgan fingerprint density at radius 3 is 2.64 bits per heavy atom. The predicted molar refractivity (Wildman–Crippen MR) is 112 cm³/mol. The van der Waals surface area contributed by atoms with Crippen LogP contribution in [0.3, 0.4) is 0 Å². The van der Waals surface area contributed by atoms with Gasteiger partial charge in [0.25, 0.3) is 0 Å². The molecular formula is C24H43N. The minimum absolute atomic E-state index is 0.523. The molecule has 0 saturated heterocycles. The second kappa shape index (κ2) is 9.28. The fraction of sp³-hybridized carbons (Fsp3) is 0.833. The van der Waals surface area contributed by atoms with Crippen LogP contribution in [0.1, 0.15) is 91.9 Å². The molecule has 0 unspecified atom stereocenters. The maximum Gasteiger partial charge on any atom is 0.0172 e. The molecule has 0 aromatic rings. The van der Waals surface area contributed by atoms with E-state index in [-0.39, 0.29) is 0 Å².